The number of carbonyl (C=O) groups is 1. The van der Waals surface area contributed by atoms with Gasteiger partial charge in [0.15, 0.2) is 0 Å². The Labute approximate surface area is 84.2 Å². The van der Waals surface area contributed by atoms with E-state index in [1.165, 1.54) is 0 Å². The molecule has 1 heterocycles. The summed E-state index contributed by atoms with van der Waals surface area (Å²) in [4.78, 5) is 16.6. The zero-order valence-corrected chi connectivity index (χ0v) is 8.53. The molecule has 2 amide bonds. The van der Waals surface area contributed by atoms with E-state index >= 15 is 0 Å². The highest BCUT2D eigenvalue weighted by atomic mass is 16.2. The van der Waals surface area contributed by atoms with Crippen molar-refractivity contribution in [3.8, 4) is 12.3 Å². The summed E-state index contributed by atoms with van der Waals surface area (Å²) in [6.45, 7) is 4.36. The maximum absolute atomic E-state index is 11.4. The number of nitrogens with two attached hydrogens (primary N) is 1. The van der Waals surface area contributed by atoms with Gasteiger partial charge in [-0.1, -0.05) is 26.2 Å². The molecule has 14 heavy (non-hydrogen) atoms. The Morgan fingerprint density at radius 3 is 2.93 bits per heavy atom. The molecule has 0 aromatic heterocycles. The fraction of sp³-hybridized carbons (Fsp3) is 0.600. The zero-order chi connectivity index (χ0) is 10.7. The molecule has 4 heteroatoms. The largest absolute Gasteiger partial charge is 0.385 e. The van der Waals surface area contributed by atoms with Gasteiger partial charge in [-0.05, 0) is 5.92 Å². The lowest BCUT2D eigenvalue weighted by Crippen LogP contribution is -2.44. The van der Waals surface area contributed by atoms with Crippen molar-refractivity contribution in [2.24, 2.45) is 16.6 Å². The number of terminal acetylenes is 1. The Kier molecular flexibility index (Phi) is 3.13. The van der Waals surface area contributed by atoms with Crippen LogP contribution in [0.25, 0.3) is 0 Å². The van der Waals surface area contributed by atoms with Crippen LogP contribution in [0.3, 0.4) is 0 Å². The fourth-order valence-corrected chi connectivity index (χ4v) is 1.61. The molecular formula is C10H15N3O. The molecule has 2 unspecified atom stereocenters. The molecule has 0 fully saturated rings. The average molecular weight is 193 g/mol. The minimum atomic E-state index is -0.314. The Bertz CT molecular complexity index is 303. The second kappa shape index (κ2) is 4.14. The number of hydrogen-bond donors (Lipinski definition) is 1. The second-order valence-electron chi connectivity index (χ2n) is 3.48. The van der Waals surface area contributed by atoms with E-state index in [-0.39, 0.29) is 18.6 Å². The van der Waals surface area contributed by atoms with E-state index < -0.39 is 0 Å². The minimum Gasteiger partial charge on any atom is -0.385 e. The minimum absolute atomic E-state index is 0.122. The van der Waals surface area contributed by atoms with E-state index in [1.54, 1.807) is 4.90 Å². The van der Waals surface area contributed by atoms with Crippen molar-refractivity contribution in [1.29, 1.82) is 0 Å². The first-order valence-electron chi connectivity index (χ1n) is 4.69. The summed E-state index contributed by atoms with van der Waals surface area (Å²) in [5, 5.41) is 0. The quantitative estimate of drug-likeness (QED) is 0.675. The molecule has 0 aromatic rings. The SMILES string of the molecule is C#CCN1C(=O)N=C(N)C1C(C)CC. The van der Waals surface area contributed by atoms with Gasteiger partial charge in [0.05, 0.1) is 12.6 Å². The molecule has 0 aromatic carbocycles. The van der Waals surface area contributed by atoms with Crippen molar-refractivity contribution in [2.75, 3.05) is 6.54 Å². The highest BCUT2D eigenvalue weighted by Crippen LogP contribution is 2.20. The molecule has 1 aliphatic heterocycles. The fourth-order valence-electron chi connectivity index (χ4n) is 1.61. The number of aliphatic imine (C=N–C) groups is 1. The first kappa shape index (κ1) is 10.6. The third kappa shape index (κ3) is 1.72. The number of hydrogen-bond acceptors (Lipinski definition) is 2. The zero-order valence-electron chi connectivity index (χ0n) is 8.53. The van der Waals surface area contributed by atoms with Crippen LogP contribution in [0.15, 0.2) is 4.99 Å². The maximum atomic E-state index is 11.4. The molecule has 0 aliphatic carbocycles. The molecule has 1 rings (SSSR count). The van der Waals surface area contributed by atoms with Gasteiger partial charge in [0.1, 0.15) is 5.84 Å². The van der Waals surface area contributed by atoms with E-state index in [2.05, 4.69) is 17.8 Å². The van der Waals surface area contributed by atoms with Crippen LogP contribution in [0.4, 0.5) is 4.79 Å². The molecule has 2 atom stereocenters. The molecule has 0 saturated carbocycles. The topological polar surface area (TPSA) is 58.7 Å². The number of amides is 2. The number of rotatable bonds is 3. The van der Waals surface area contributed by atoms with E-state index in [0.29, 0.717) is 11.8 Å². The Morgan fingerprint density at radius 2 is 2.43 bits per heavy atom. The van der Waals surface area contributed by atoms with Gasteiger partial charge < -0.3 is 10.6 Å². The van der Waals surface area contributed by atoms with Gasteiger partial charge in [-0.2, -0.15) is 4.99 Å². The molecule has 0 spiro atoms. The van der Waals surface area contributed by atoms with Gasteiger partial charge in [-0.3, -0.25) is 0 Å². The first-order chi connectivity index (χ1) is 6.61. The number of nitrogens with zero attached hydrogens (tertiary/aromatic N) is 2. The standard InChI is InChI=1S/C10H15N3O/c1-4-6-13-8(7(3)5-2)9(11)12-10(13)14/h1,7-8H,5-6H2,2-3H3,(H2,11,12,14). The van der Waals surface area contributed by atoms with Crippen LogP contribution >= 0.6 is 0 Å². The van der Waals surface area contributed by atoms with Gasteiger partial charge in [-0.25, -0.2) is 4.79 Å². The van der Waals surface area contributed by atoms with E-state index in [0.717, 1.165) is 6.42 Å². The van der Waals surface area contributed by atoms with Crippen LogP contribution in [-0.2, 0) is 0 Å². The van der Waals surface area contributed by atoms with Gasteiger partial charge >= 0.3 is 6.03 Å². The number of urea groups is 1. The first-order valence-corrected chi connectivity index (χ1v) is 4.69. The number of carbonyl (C=O) groups excluding carboxylic acids is 1. The smallest absolute Gasteiger partial charge is 0.346 e. The predicted molar refractivity (Wildman–Crippen MR) is 55.8 cm³/mol. The lowest BCUT2D eigenvalue weighted by atomic mass is 9.98. The molecule has 0 radical (unpaired) electrons. The van der Waals surface area contributed by atoms with Crippen LogP contribution in [-0.4, -0.2) is 29.4 Å². The van der Waals surface area contributed by atoms with Gasteiger partial charge in [0.25, 0.3) is 0 Å². The monoisotopic (exact) mass is 193 g/mol. The van der Waals surface area contributed by atoms with E-state index in [4.69, 9.17) is 12.2 Å². The van der Waals surface area contributed by atoms with E-state index in [9.17, 15) is 4.79 Å². The molecule has 4 nitrogen and oxygen atoms in total. The molecule has 76 valence electrons. The van der Waals surface area contributed by atoms with Crippen molar-refractivity contribution < 1.29 is 4.79 Å². The van der Waals surface area contributed by atoms with Gasteiger partial charge in [0.2, 0.25) is 0 Å². The lowest BCUT2D eigenvalue weighted by Gasteiger charge is -2.26. The molecule has 0 saturated heterocycles. The second-order valence-corrected chi connectivity index (χ2v) is 3.48. The van der Waals surface area contributed by atoms with Crippen molar-refractivity contribution in [3.05, 3.63) is 0 Å². The summed E-state index contributed by atoms with van der Waals surface area (Å²) < 4.78 is 0. The normalized spacial score (nSPS) is 23.2. The maximum Gasteiger partial charge on any atom is 0.346 e. The van der Waals surface area contributed by atoms with Crippen LogP contribution < -0.4 is 5.73 Å². The van der Waals surface area contributed by atoms with Crippen molar-refractivity contribution in [2.45, 2.75) is 26.3 Å². The van der Waals surface area contributed by atoms with Crippen molar-refractivity contribution >= 4 is 11.9 Å². The number of amidine groups is 1. The summed E-state index contributed by atoms with van der Waals surface area (Å²) in [6, 6.07) is -0.436. The van der Waals surface area contributed by atoms with Crippen molar-refractivity contribution in [1.82, 2.24) is 4.90 Å². The summed E-state index contributed by atoms with van der Waals surface area (Å²) in [7, 11) is 0. The summed E-state index contributed by atoms with van der Waals surface area (Å²) in [5.74, 6) is 3.12. The van der Waals surface area contributed by atoms with Gasteiger partial charge in [-0.15, -0.1) is 6.42 Å². The highest BCUT2D eigenvalue weighted by Gasteiger charge is 2.35. The van der Waals surface area contributed by atoms with Crippen molar-refractivity contribution in [3.63, 3.8) is 0 Å². The summed E-state index contributed by atoms with van der Waals surface area (Å²) in [5.41, 5.74) is 5.69. The average Bonchev–Trinajstić information content (AvgIpc) is 2.42. The van der Waals surface area contributed by atoms with Crippen LogP contribution in [0, 0.1) is 18.3 Å². The predicted octanol–water partition coefficient (Wildman–Crippen LogP) is 0.827. The molecule has 0 bridgehead atoms. The molecule has 2 N–H and O–H groups in total. The van der Waals surface area contributed by atoms with Gasteiger partial charge in [0, 0.05) is 0 Å². The van der Waals surface area contributed by atoms with Crippen LogP contribution in [0.2, 0.25) is 0 Å². The Morgan fingerprint density at radius 1 is 1.79 bits per heavy atom. The Hall–Kier alpha value is -1.50. The third-order valence-electron chi connectivity index (χ3n) is 2.55. The third-order valence-corrected chi connectivity index (χ3v) is 2.55. The van der Waals surface area contributed by atoms with Crippen LogP contribution in [0.1, 0.15) is 20.3 Å². The summed E-state index contributed by atoms with van der Waals surface area (Å²) >= 11 is 0. The lowest BCUT2D eigenvalue weighted by molar-refractivity contribution is 0.200. The Balaban J connectivity index is 2.85. The highest BCUT2D eigenvalue weighted by molar-refractivity contribution is 6.03. The molecule has 1 aliphatic rings. The van der Waals surface area contributed by atoms with Crippen LogP contribution in [0.5, 0.6) is 0 Å². The summed E-state index contributed by atoms with van der Waals surface area (Å²) in [6.07, 6.45) is 6.12. The van der Waals surface area contributed by atoms with E-state index in [1.807, 2.05) is 6.92 Å². The molecular weight excluding hydrogens is 178 g/mol.